The summed E-state index contributed by atoms with van der Waals surface area (Å²) in [5.41, 5.74) is 4.00. The van der Waals surface area contributed by atoms with Gasteiger partial charge in [0.1, 0.15) is 30.7 Å². The van der Waals surface area contributed by atoms with Crippen molar-refractivity contribution < 1.29 is 32.3 Å². The summed E-state index contributed by atoms with van der Waals surface area (Å²) >= 11 is 0. The maximum absolute atomic E-state index is 16.0. The molecule has 0 aromatic carbocycles. The second kappa shape index (κ2) is 8.24. The molecule has 0 saturated carbocycles. The molecule has 182 valence electrons. The predicted molar refractivity (Wildman–Crippen MR) is 114 cm³/mol. The van der Waals surface area contributed by atoms with Crippen molar-refractivity contribution in [1.29, 1.82) is 0 Å². The Morgan fingerprint density at radius 2 is 2.21 bits per heavy atom. The van der Waals surface area contributed by atoms with E-state index in [0.717, 1.165) is 0 Å². The SMILES string of the molecule is C[C@H](NP1(=O)OCC2O[C@@H](c3cnc4c(N)ncnn34)C(C)(F)[C@@H]2O1)C(=O)OCC(C)(C)C. The summed E-state index contributed by atoms with van der Waals surface area (Å²) in [6.07, 6.45) is -0.616. The van der Waals surface area contributed by atoms with Gasteiger partial charge in [0.05, 0.1) is 25.1 Å². The van der Waals surface area contributed by atoms with Crippen LogP contribution in [0.2, 0.25) is 0 Å². The maximum Gasteiger partial charge on any atom is 0.406 e. The fourth-order valence-electron chi connectivity index (χ4n) is 3.70. The van der Waals surface area contributed by atoms with Gasteiger partial charge < -0.3 is 15.2 Å². The number of halogens is 1. The van der Waals surface area contributed by atoms with Crippen molar-refractivity contribution in [3.05, 3.63) is 18.2 Å². The molecule has 0 spiro atoms. The van der Waals surface area contributed by atoms with E-state index >= 15 is 4.39 Å². The number of fused-ring (bicyclic) bond motifs is 2. The summed E-state index contributed by atoms with van der Waals surface area (Å²) in [4.78, 5) is 20.3. The van der Waals surface area contributed by atoms with Gasteiger partial charge in [-0.3, -0.25) is 13.8 Å². The third kappa shape index (κ3) is 4.60. The van der Waals surface area contributed by atoms with Crippen LogP contribution in [0.25, 0.3) is 5.65 Å². The Morgan fingerprint density at radius 3 is 2.91 bits per heavy atom. The zero-order valence-corrected chi connectivity index (χ0v) is 19.9. The van der Waals surface area contributed by atoms with Crippen molar-refractivity contribution in [3.8, 4) is 0 Å². The lowest BCUT2D eigenvalue weighted by atomic mass is 9.93. The van der Waals surface area contributed by atoms with E-state index in [1.165, 1.54) is 30.9 Å². The second-order valence-corrected chi connectivity index (χ2v) is 11.3. The number of nitrogen functional groups attached to an aromatic ring is 1. The lowest BCUT2D eigenvalue weighted by molar-refractivity contribution is -0.148. The van der Waals surface area contributed by atoms with Crippen molar-refractivity contribution >= 4 is 25.2 Å². The van der Waals surface area contributed by atoms with E-state index < -0.39 is 43.7 Å². The zero-order valence-electron chi connectivity index (χ0n) is 19.0. The Bertz CT molecular complexity index is 1100. The highest BCUT2D eigenvalue weighted by Gasteiger charge is 2.61. The highest BCUT2D eigenvalue weighted by atomic mass is 31.2. The number of carbonyl (C=O) groups is 1. The lowest BCUT2D eigenvalue weighted by Gasteiger charge is -2.35. The zero-order chi connectivity index (χ0) is 24.2. The molecular formula is C19H28FN6O6P. The molecule has 2 aromatic heterocycles. The molecule has 2 aromatic rings. The first-order chi connectivity index (χ1) is 15.3. The standard InChI is InChI=1S/C19H28FN6O6P/c1-10(17(27)29-8-18(2,3)4)25-33(28)30-7-12-14(32-33)19(5,20)13(31-12)11-6-22-16-15(21)23-9-24-26(11)16/h6,9-10,12-14H,7-8H2,1-5H3,(H,25,28)(H2,21,23,24)/t10-,12?,13-,14+,19?,33?/m0/s1. The van der Waals surface area contributed by atoms with Crippen LogP contribution in [0.4, 0.5) is 10.2 Å². The highest BCUT2D eigenvalue weighted by molar-refractivity contribution is 7.51. The average Bonchev–Trinajstić information content (AvgIpc) is 3.25. The number of aromatic nitrogens is 4. The van der Waals surface area contributed by atoms with Gasteiger partial charge in [0.15, 0.2) is 17.1 Å². The number of esters is 1. The fourth-order valence-corrected chi connectivity index (χ4v) is 5.46. The van der Waals surface area contributed by atoms with Gasteiger partial charge >= 0.3 is 13.7 Å². The monoisotopic (exact) mass is 486 g/mol. The van der Waals surface area contributed by atoms with Crippen LogP contribution in [0.1, 0.15) is 46.4 Å². The molecule has 4 heterocycles. The predicted octanol–water partition coefficient (Wildman–Crippen LogP) is 1.97. The van der Waals surface area contributed by atoms with E-state index in [2.05, 4.69) is 20.2 Å². The minimum Gasteiger partial charge on any atom is -0.464 e. The molecule has 33 heavy (non-hydrogen) atoms. The normalized spacial score (nSPS) is 33.1. The topological polar surface area (TPSA) is 152 Å². The van der Waals surface area contributed by atoms with E-state index in [9.17, 15) is 9.36 Å². The van der Waals surface area contributed by atoms with Gasteiger partial charge in [0, 0.05) is 0 Å². The molecule has 0 bridgehead atoms. The third-order valence-electron chi connectivity index (χ3n) is 5.36. The smallest absolute Gasteiger partial charge is 0.406 e. The molecule has 2 aliphatic heterocycles. The van der Waals surface area contributed by atoms with E-state index in [-0.39, 0.29) is 30.1 Å². The van der Waals surface area contributed by atoms with Crippen LogP contribution in [0.5, 0.6) is 0 Å². The number of nitrogens with zero attached hydrogens (tertiary/aromatic N) is 4. The molecule has 2 fully saturated rings. The Labute approximate surface area is 189 Å². The number of hydrogen-bond donors (Lipinski definition) is 2. The Hall–Kier alpha value is -2.18. The summed E-state index contributed by atoms with van der Waals surface area (Å²) in [5.74, 6) is -0.492. The van der Waals surface area contributed by atoms with E-state index in [0.29, 0.717) is 5.69 Å². The van der Waals surface area contributed by atoms with Gasteiger partial charge in [0.2, 0.25) is 0 Å². The van der Waals surface area contributed by atoms with Crippen molar-refractivity contribution in [2.45, 2.75) is 64.6 Å². The molecule has 3 unspecified atom stereocenters. The molecule has 2 aliphatic rings. The van der Waals surface area contributed by atoms with Crippen LogP contribution in [-0.2, 0) is 27.9 Å². The van der Waals surface area contributed by atoms with Crippen LogP contribution in [0, 0.1) is 5.41 Å². The Kier molecular flexibility index (Phi) is 5.98. The minimum absolute atomic E-state index is 0.132. The van der Waals surface area contributed by atoms with Gasteiger partial charge in [-0.25, -0.2) is 28.5 Å². The van der Waals surface area contributed by atoms with Crippen molar-refractivity contribution in [2.24, 2.45) is 5.41 Å². The molecule has 0 aliphatic carbocycles. The molecule has 2 saturated heterocycles. The van der Waals surface area contributed by atoms with Crippen LogP contribution in [-0.4, -0.2) is 62.7 Å². The number of rotatable bonds is 5. The Morgan fingerprint density at radius 1 is 1.48 bits per heavy atom. The van der Waals surface area contributed by atoms with Crippen LogP contribution >= 0.6 is 7.75 Å². The summed E-state index contributed by atoms with van der Waals surface area (Å²) in [7, 11) is -4.04. The minimum atomic E-state index is -4.04. The second-order valence-electron chi connectivity index (χ2n) is 9.61. The number of ether oxygens (including phenoxy) is 2. The maximum atomic E-state index is 16.0. The molecular weight excluding hydrogens is 458 g/mol. The number of alkyl halides is 1. The molecule has 4 rings (SSSR count). The first kappa shape index (κ1) is 24.0. The van der Waals surface area contributed by atoms with Crippen molar-refractivity contribution in [2.75, 3.05) is 18.9 Å². The first-order valence-electron chi connectivity index (χ1n) is 10.5. The molecule has 3 N–H and O–H groups in total. The number of nitrogens with two attached hydrogens (primary N) is 1. The number of carbonyl (C=O) groups excluding carboxylic acids is 1. The lowest BCUT2D eigenvalue weighted by Crippen LogP contribution is -2.47. The largest absolute Gasteiger partial charge is 0.464 e. The molecule has 6 atom stereocenters. The van der Waals surface area contributed by atoms with Crippen LogP contribution in [0.3, 0.4) is 0 Å². The van der Waals surface area contributed by atoms with E-state index in [4.69, 9.17) is 24.3 Å². The summed E-state index contributed by atoms with van der Waals surface area (Å²) in [6.45, 7) is 8.46. The number of hydrogen-bond acceptors (Lipinski definition) is 10. The third-order valence-corrected chi connectivity index (χ3v) is 7.05. The Balaban J connectivity index is 1.50. The van der Waals surface area contributed by atoms with Crippen LogP contribution in [0.15, 0.2) is 12.5 Å². The highest BCUT2D eigenvalue weighted by Crippen LogP contribution is 2.57. The van der Waals surface area contributed by atoms with E-state index in [1.54, 1.807) is 0 Å². The molecule has 14 heteroatoms. The summed E-state index contributed by atoms with van der Waals surface area (Å²) in [6, 6.07) is -1.00. The van der Waals surface area contributed by atoms with Gasteiger partial charge in [-0.05, 0) is 19.3 Å². The molecule has 0 radical (unpaired) electrons. The number of nitrogens with one attached hydrogen (secondary N) is 1. The fraction of sp³-hybridized carbons (Fsp3) is 0.684. The van der Waals surface area contributed by atoms with Crippen molar-refractivity contribution in [3.63, 3.8) is 0 Å². The number of anilines is 1. The van der Waals surface area contributed by atoms with Gasteiger partial charge in [-0.15, -0.1) is 0 Å². The van der Waals surface area contributed by atoms with Gasteiger partial charge in [-0.1, -0.05) is 20.8 Å². The van der Waals surface area contributed by atoms with E-state index in [1.807, 2.05) is 20.8 Å². The number of imidazole rings is 1. The van der Waals surface area contributed by atoms with Crippen molar-refractivity contribution in [1.82, 2.24) is 24.7 Å². The molecule has 12 nitrogen and oxygen atoms in total. The quantitative estimate of drug-likeness (QED) is 0.471. The van der Waals surface area contributed by atoms with Gasteiger partial charge in [0.25, 0.3) is 0 Å². The van der Waals surface area contributed by atoms with Gasteiger partial charge in [-0.2, -0.15) is 5.10 Å². The average molecular weight is 486 g/mol. The summed E-state index contributed by atoms with van der Waals surface area (Å²) < 4.78 is 52.6. The summed E-state index contributed by atoms with van der Waals surface area (Å²) in [5, 5.41) is 6.61. The molecule has 0 amide bonds. The first-order valence-corrected chi connectivity index (χ1v) is 12.0. The van der Waals surface area contributed by atoms with Crippen LogP contribution < -0.4 is 10.8 Å².